The standard InChI is InChI=1S/C32H36N4O3/c1-8-21-14-17-24(18-28(21)39-7)33-29-31(38)36(6)19-27(34-29)25-10-9-11-26(20(25)2)35-30(37)22-12-15-23(16-13-22)32(3,4)5/h9-19H,8H2,1-7H3,(H,33,34)(H,35,37). The zero-order valence-electron chi connectivity index (χ0n) is 23.7. The van der Waals surface area contributed by atoms with Gasteiger partial charge in [0.1, 0.15) is 5.75 Å². The lowest BCUT2D eigenvalue weighted by Gasteiger charge is -2.19. The van der Waals surface area contributed by atoms with Crippen molar-refractivity contribution in [1.29, 1.82) is 0 Å². The van der Waals surface area contributed by atoms with Crippen LogP contribution in [0, 0.1) is 6.92 Å². The van der Waals surface area contributed by atoms with Crippen molar-refractivity contribution in [3.05, 3.63) is 99.5 Å². The highest BCUT2D eigenvalue weighted by molar-refractivity contribution is 6.05. The lowest BCUT2D eigenvalue weighted by atomic mass is 9.86. The van der Waals surface area contributed by atoms with Gasteiger partial charge in [-0.05, 0) is 59.7 Å². The number of nitrogens with zero attached hydrogens (tertiary/aromatic N) is 2. The van der Waals surface area contributed by atoms with Crippen LogP contribution >= 0.6 is 0 Å². The van der Waals surface area contributed by atoms with Gasteiger partial charge in [-0.15, -0.1) is 0 Å². The molecule has 1 heterocycles. The van der Waals surface area contributed by atoms with Crippen LogP contribution in [-0.2, 0) is 18.9 Å². The number of aryl methyl sites for hydroxylation is 2. The largest absolute Gasteiger partial charge is 0.496 e. The maximum atomic E-state index is 13.0. The molecule has 0 unspecified atom stereocenters. The molecule has 202 valence electrons. The Morgan fingerprint density at radius 2 is 1.77 bits per heavy atom. The lowest BCUT2D eigenvalue weighted by Crippen LogP contribution is -2.21. The summed E-state index contributed by atoms with van der Waals surface area (Å²) in [5, 5.41) is 6.19. The number of carbonyl (C=O) groups excluding carboxylic acids is 1. The highest BCUT2D eigenvalue weighted by atomic mass is 16.5. The summed E-state index contributed by atoms with van der Waals surface area (Å²) in [4.78, 5) is 30.6. The average Bonchev–Trinajstić information content (AvgIpc) is 2.91. The molecule has 0 saturated heterocycles. The van der Waals surface area contributed by atoms with Gasteiger partial charge in [0.05, 0.1) is 12.8 Å². The van der Waals surface area contributed by atoms with Crippen LogP contribution in [0.15, 0.2) is 71.7 Å². The SMILES string of the molecule is CCc1ccc(Nc2nc(-c3cccc(NC(=O)c4ccc(C(C)(C)C)cc4)c3C)cn(C)c2=O)cc1OC. The van der Waals surface area contributed by atoms with Crippen molar-refractivity contribution in [1.82, 2.24) is 9.55 Å². The lowest BCUT2D eigenvalue weighted by molar-refractivity contribution is 0.102. The van der Waals surface area contributed by atoms with Crippen LogP contribution in [0.2, 0.25) is 0 Å². The predicted octanol–water partition coefficient (Wildman–Crippen LogP) is 6.62. The topological polar surface area (TPSA) is 85.3 Å². The number of anilines is 3. The van der Waals surface area contributed by atoms with E-state index < -0.39 is 0 Å². The number of methoxy groups -OCH3 is 1. The summed E-state index contributed by atoms with van der Waals surface area (Å²) in [6.07, 6.45) is 2.54. The summed E-state index contributed by atoms with van der Waals surface area (Å²) in [6.45, 7) is 10.4. The number of aromatic nitrogens is 2. The van der Waals surface area contributed by atoms with Gasteiger partial charge in [0.25, 0.3) is 11.5 Å². The molecule has 1 aromatic heterocycles. The van der Waals surface area contributed by atoms with E-state index >= 15 is 0 Å². The Bertz CT molecular complexity index is 1560. The number of amides is 1. The summed E-state index contributed by atoms with van der Waals surface area (Å²) in [5.74, 6) is 0.771. The molecule has 0 aliphatic carbocycles. The summed E-state index contributed by atoms with van der Waals surface area (Å²) in [5.41, 5.74) is 6.27. The van der Waals surface area contributed by atoms with Crippen LogP contribution < -0.4 is 20.9 Å². The summed E-state index contributed by atoms with van der Waals surface area (Å²) >= 11 is 0. The third-order valence-corrected chi connectivity index (χ3v) is 6.87. The van der Waals surface area contributed by atoms with Gasteiger partial charge < -0.3 is 19.9 Å². The first kappa shape index (κ1) is 27.6. The Hall–Kier alpha value is -4.39. The molecular formula is C32H36N4O3. The molecule has 3 aromatic carbocycles. The third kappa shape index (κ3) is 6.03. The van der Waals surface area contributed by atoms with Crippen LogP contribution in [0.4, 0.5) is 17.2 Å². The molecule has 0 radical (unpaired) electrons. The third-order valence-electron chi connectivity index (χ3n) is 6.87. The Kier molecular flexibility index (Phi) is 7.90. The molecule has 0 aliphatic heterocycles. The zero-order chi connectivity index (χ0) is 28.3. The minimum absolute atomic E-state index is 0.0153. The van der Waals surface area contributed by atoms with E-state index in [-0.39, 0.29) is 22.7 Å². The number of carbonyl (C=O) groups is 1. The van der Waals surface area contributed by atoms with Gasteiger partial charge in [-0.1, -0.05) is 58.0 Å². The Morgan fingerprint density at radius 1 is 1.05 bits per heavy atom. The molecule has 0 bridgehead atoms. The van der Waals surface area contributed by atoms with Crippen LogP contribution in [0.3, 0.4) is 0 Å². The molecule has 1 amide bonds. The van der Waals surface area contributed by atoms with Gasteiger partial charge in [0.15, 0.2) is 5.82 Å². The Morgan fingerprint density at radius 3 is 2.41 bits per heavy atom. The monoisotopic (exact) mass is 524 g/mol. The quantitative estimate of drug-likeness (QED) is 0.284. The van der Waals surface area contributed by atoms with E-state index in [9.17, 15) is 9.59 Å². The minimum Gasteiger partial charge on any atom is -0.496 e. The van der Waals surface area contributed by atoms with E-state index in [2.05, 4.69) is 43.3 Å². The minimum atomic E-state index is -0.252. The summed E-state index contributed by atoms with van der Waals surface area (Å²) < 4.78 is 7.00. The molecule has 7 heteroatoms. The van der Waals surface area contributed by atoms with Crippen molar-refractivity contribution in [2.45, 2.75) is 46.5 Å². The van der Waals surface area contributed by atoms with Crippen molar-refractivity contribution in [3.63, 3.8) is 0 Å². The maximum absolute atomic E-state index is 13.0. The number of ether oxygens (including phenoxy) is 1. The molecule has 4 rings (SSSR count). The molecule has 39 heavy (non-hydrogen) atoms. The normalized spacial score (nSPS) is 11.3. The summed E-state index contributed by atoms with van der Waals surface area (Å²) in [7, 11) is 3.33. The Balaban J connectivity index is 1.63. The maximum Gasteiger partial charge on any atom is 0.293 e. The second kappa shape index (κ2) is 11.2. The van der Waals surface area contributed by atoms with E-state index in [0.717, 1.165) is 28.9 Å². The van der Waals surface area contributed by atoms with Crippen molar-refractivity contribution < 1.29 is 9.53 Å². The molecule has 4 aromatic rings. The number of benzene rings is 3. The van der Waals surface area contributed by atoms with Crippen molar-refractivity contribution in [2.24, 2.45) is 7.05 Å². The molecule has 0 fully saturated rings. The highest BCUT2D eigenvalue weighted by Gasteiger charge is 2.17. The molecule has 0 aliphatic rings. The van der Waals surface area contributed by atoms with Crippen LogP contribution in [0.5, 0.6) is 5.75 Å². The number of rotatable bonds is 7. The van der Waals surface area contributed by atoms with Gasteiger partial charge in [0.2, 0.25) is 0 Å². The second-order valence-electron chi connectivity index (χ2n) is 10.7. The Labute approximate surface area is 229 Å². The molecule has 0 atom stereocenters. The van der Waals surface area contributed by atoms with E-state index in [4.69, 9.17) is 4.74 Å². The van der Waals surface area contributed by atoms with Crippen LogP contribution in [0.25, 0.3) is 11.3 Å². The van der Waals surface area contributed by atoms with E-state index in [1.807, 2.05) is 67.6 Å². The van der Waals surface area contributed by atoms with Gasteiger partial charge in [-0.2, -0.15) is 0 Å². The van der Waals surface area contributed by atoms with Crippen molar-refractivity contribution >= 4 is 23.1 Å². The van der Waals surface area contributed by atoms with Gasteiger partial charge in [0, 0.05) is 41.8 Å². The zero-order valence-corrected chi connectivity index (χ0v) is 23.7. The number of nitrogens with one attached hydrogen (secondary N) is 2. The van der Waals surface area contributed by atoms with Gasteiger partial charge in [-0.25, -0.2) is 4.98 Å². The average molecular weight is 525 g/mol. The smallest absolute Gasteiger partial charge is 0.293 e. The fourth-order valence-electron chi connectivity index (χ4n) is 4.43. The molecule has 2 N–H and O–H groups in total. The number of hydrogen-bond acceptors (Lipinski definition) is 5. The number of hydrogen-bond donors (Lipinski definition) is 2. The van der Waals surface area contributed by atoms with Gasteiger partial charge in [-0.3, -0.25) is 9.59 Å². The van der Waals surface area contributed by atoms with E-state index in [1.54, 1.807) is 20.4 Å². The van der Waals surface area contributed by atoms with Crippen molar-refractivity contribution in [3.8, 4) is 17.0 Å². The van der Waals surface area contributed by atoms with Gasteiger partial charge >= 0.3 is 0 Å². The highest BCUT2D eigenvalue weighted by Crippen LogP contribution is 2.30. The van der Waals surface area contributed by atoms with E-state index in [0.29, 0.717) is 22.6 Å². The molecule has 0 spiro atoms. The van der Waals surface area contributed by atoms with Crippen LogP contribution in [0.1, 0.15) is 54.7 Å². The fourth-order valence-corrected chi connectivity index (χ4v) is 4.43. The first-order valence-corrected chi connectivity index (χ1v) is 13.0. The van der Waals surface area contributed by atoms with E-state index in [1.165, 1.54) is 10.1 Å². The molecular weight excluding hydrogens is 488 g/mol. The fraction of sp³-hybridized carbons (Fsp3) is 0.281. The predicted molar refractivity (Wildman–Crippen MR) is 158 cm³/mol. The molecule has 7 nitrogen and oxygen atoms in total. The molecule has 0 saturated carbocycles. The first-order valence-electron chi connectivity index (χ1n) is 13.0. The first-order chi connectivity index (χ1) is 18.5. The van der Waals surface area contributed by atoms with Crippen LogP contribution in [-0.4, -0.2) is 22.6 Å². The second-order valence-corrected chi connectivity index (χ2v) is 10.7. The van der Waals surface area contributed by atoms with Crippen molar-refractivity contribution in [2.75, 3.05) is 17.7 Å². The summed E-state index contributed by atoms with van der Waals surface area (Å²) in [6, 6.07) is 19.1.